The van der Waals surface area contributed by atoms with E-state index in [2.05, 4.69) is 11.4 Å². The Morgan fingerprint density at radius 3 is 2.94 bits per heavy atom. The molecule has 0 heterocycles. The van der Waals surface area contributed by atoms with Crippen molar-refractivity contribution < 1.29 is 5.11 Å². The summed E-state index contributed by atoms with van der Waals surface area (Å²) < 4.78 is 0. The van der Waals surface area contributed by atoms with Crippen molar-refractivity contribution >= 4 is 0 Å². The van der Waals surface area contributed by atoms with Crippen molar-refractivity contribution in [3.63, 3.8) is 0 Å². The van der Waals surface area contributed by atoms with Gasteiger partial charge in [0.25, 0.3) is 0 Å². The normalized spacial score (nSPS) is 24.2. The van der Waals surface area contributed by atoms with Crippen LogP contribution in [0.5, 0.6) is 0 Å². The lowest BCUT2D eigenvalue weighted by molar-refractivity contribution is 0.0902. The second kappa shape index (κ2) is 5.81. The Morgan fingerprint density at radius 2 is 2.18 bits per heavy atom. The molecule has 2 atom stereocenters. The van der Waals surface area contributed by atoms with Crippen molar-refractivity contribution in [2.45, 2.75) is 44.4 Å². The van der Waals surface area contributed by atoms with E-state index in [0.717, 1.165) is 31.4 Å². The van der Waals surface area contributed by atoms with Crippen LogP contribution in [0.1, 0.15) is 36.8 Å². The molecule has 1 aromatic rings. The third-order valence-electron chi connectivity index (χ3n) is 3.35. The Balaban J connectivity index is 1.90. The van der Waals surface area contributed by atoms with Crippen LogP contribution in [0.2, 0.25) is 0 Å². The van der Waals surface area contributed by atoms with Crippen LogP contribution in [0.4, 0.5) is 0 Å². The Bertz CT molecular complexity index is 411. The molecule has 0 aromatic heterocycles. The van der Waals surface area contributed by atoms with E-state index in [1.807, 2.05) is 18.2 Å². The van der Waals surface area contributed by atoms with Gasteiger partial charge in [-0.2, -0.15) is 5.26 Å². The van der Waals surface area contributed by atoms with Crippen LogP contribution in [0, 0.1) is 11.3 Å². The lowest BCUT2D eigenvalue weighted by Crippen LogP contribution is -2.41. The van der Waals surface area contributed by atoms with Crippen LogP contribution in [-0.2, 0) is 6.54 Å². The van der Waals surface area contributed by atoms with E-state index >= 15 is 0 Å². The number of nitrogens with zero attached hydrogens (tertiary/aromatic N) is 1. The summed E-state index contributed by atoms with van der Waals surface area (Å²) >= 11 is 0. The van der Waals surface area contributed by atoms with Crippen LogP contribution < -0.4 is 5.32 Å². The van der Waals surface area contributed by atoms with Gasteiger partial charge in [0, 0.05) is 12.6 Å². The molecule has 1 aliphatic rings. The highest BCUT2D eigenvalue weighted by Crippen LogP contribution is 2.18. The molecule has 17 heavy (non-hydrogen) atoms. The average molecular weight is 230 g/mol. The number of hydrogen-bond acceptors (Lipinski definition) is 3. The minimum atomic E-state index is -0.220. The maximum Gasteiger partial charge on any atom is 0.0991 e. The maximum atomic E-state index is 9.83. The second-order valence-corrected chi connectivity index (χ2v) is 4.65. The lowest BCUT2D eigenvalue weighted by Gasteiger charge is -2.28. The largest absolute Gasteiger partial charge is 0.392 e. The first kappa shape index (κ1) is 12.1. The molecule has 0 amide bonds. The van der Waals surface area contributed by atoms with E-state index in [9.17, 15) is 5.11 Å². The van der Waals surface area contributed by atoms with Gasteiger partial charge in [0.1, 0.15) is 0 Å². The summed E-state index contributed by atoms with van der Waals surface area (Å²) in [5.41, 5.74) is 1.79. The van der Waals surface area contributed by atoms with Gasteiger partial charge in [-0.1, -0.05) is 25.0 Å². The van der Waals surface area contributed by atoms with Crippen molar-refractivity contribution in [2.75, 3.05) is 0 Å². The van der Waals surface area contributed by atoms with Gasteiger partial charge in [-0.3, -0.25) is 0 Å². The van der Waals surface area contributed by atoms with Gasteiger partial charge in [-0.15, -0.1) is 0 Å². The zero-order valence-corrected chi connectivity index (χ0v) is 9.89. The molecule has 1 fully saturated rings. The minimum absolute atomic E-state index is 0.203. The van der Waals surface area contributed by atoms with Crippen LogP contribution in [0.25, 0.3) is 0 Å². The van der Waals surface area contributed by atoms with Gasteiger partial charge in [0.05, 0.1) is 17.7 Å². The molecule has 1 saturated carbocycles. The Hall–Kier alpha value is -1.37. The first-order valence-corrected chi connectivity index (χ1v) is 6.20. The predicted octanol–water partition coefficient (Wildman–Crippen LogP) is 1.95. The second-order valence-electron chi connectivity index (χ2n) is 4.65. The Kier molecular flexibility index (Phi) is 4.13. The highest BCUT2D eigenvalue weighted by molar-refractivity contribution is 5.32. The average Bonchev–Trinajstić information content (AvgIpc) is 2.38. The minimum Gasteiger partial charge on any atom is -0.392 e. The fourth-order valence-electron chi connectivity index (χ4n) is 2.35. The van der Waals surface area contributed by atoms with Gasteiger partial charge < -0.3 is 10.4 Å². The monoisotopic (exact) mass is 230 g/mol. The molecule has 1 aromatic carbocycles. The van der Waals surface area contributed by atoms with Gasteiger partial charge in [0.2, 0.25) is 0 Å². The molecule has 0 bridgehead atoms. The van der Waals surface area contributed by atoms with Crippen LogP contribution in [-0.4, -0.2) is 17.3 Å². The predicted molar refractivity (Wildman–Crippen MR) is 66.3 cm³/mol. The maximum absolute atomic E-state index is 9.83. The molecule has 1 aliphatic carbocycles. The quantitative estimate of drug-likeness (QED) is 0.834. The Labute approximate surface area is 102 Å². The van der Waals surface area contributed by atoms with E-state index < -0.39 is 0 Å². The van der Waals surface area contributed by atoms with E-state index in [1.165, 1.54) is 6.42 Å². The van der Waals surface area contributed by atoms with Gasteiger partial charge in [-0.25, -0.2) is 0 Å². The number of aliphatic hydroxyl groups is 1. The van der Waals surface area contributed by atoms with Crippen LogP contribution in [0.15, 0.2) is 24.3 Å². The first-order chi connectivity index (χ1) is 8.29. The number of hydrogen-bond donors (Lipinski definition) is 2. The van der Waals surface area contributed by atoms with Crippen molar-refractivity contribution in [1.82, 2.24) is 5.32 Å². The topological polar surface area (TPSA) is 56.0 Å². The fourth-order valence-corrected chi connectivity index (χ4v) is 2.35. The van der Waals surface area contributed by atoms with Crippen LogP contribution in [0.3, 0.4) is 0 Å². The van der Waals surface area contributed by atoms with Crippen molar-refractivity contribution in [2.24, 2.45) is 0 Å². The number of benzene rings is 1. The van der Waals surface area contributed by atoms with Crippen molar-refractivity contribution in [1.29, 1.82) is 5.26 Å². The summed E-state index contributed by atoms with van der Waals surface area (Å²) in [6.07, 6.45) is 4.04. The van der Waals surface area contributed by atoms with Crippen molar-refractivity contribution in [3.8, 4) is 6.07 Å². The van der Waals surface area contributed by atoms with E-state index in [0.29, 0.717) is 5.56 Å². The summed E-state index contributed by atoms with van der Waals surface area (Å²) in [5, 5.41) is 22.0. The van der Waals surface area contributed by atoms with E-state index in [1.54, 1.807) is 6.07 Å². The number of nitriles is 1. The van der Waals surface area contributed by atoms with E-state index in [4.69, 9.17) is 5.26 Å². The molecule has 0 radical (unpaired) electrons. The Morgan fingerprint density at radius 1 is 1.35 bits per heavy atom. The molecule has 3 nitrogen and oxygen atoms in total. The zero-order valence-electron chi connectivity index (χ0n) is 9.89. The number of rotatable bonds is 3. The summed E-state index contributed by atoms with van der Waals surface area (Å²) in [4.78, 5) is 0. The molecular weight excluding hydrogens is 212 g/mol. The molecule has 0 saturated heterocycles. The molecule has 0 aliphatic heterocycles. The summed E-state index contributed by atoms with van der Waals surface area (Å²) in [6, 6.07) is 9.93. The van der Waals surface area contributed by atoms with E-state index in [-0.39, 0.29) is 12.1 Å². The summed E-state index contributed by atoms with van der Waals surface area (Å²) in [5.74, 6) is 0. The summed E-state index contributed by atoms with van der Waals surface area (Å²) in [6.45, 7) is 0.719. The molecule has 2 unspecified atom stereocenters. The number of nitrogens with one attached hydrogen (secondary N) is 1. The zero-order chi connectivity index (χ0) is 12.1. The lowest BCUT2D eigenvalue weighted by atomic mass is 9.92. The van der Waals surface area contributed by atoms with Crippen LogP contribution >= 0.6 is 0 Å². The van der Waals surface area contributed by atoms with Gasteiger partial charge in [-0.05, 0) is 30.5 Å². The molecular formula is C14H18N2O. The third kappa shape index (κ3) is 3.29. The van der Waals surface area contributed by atoms with Gasteiger partial charge >= 0.3 is 0 Å². The third-order valence-corrected chi connectivity index (χ3v) is 3.35. The molecule has 0 spiro atoms. The van der Waals surface area contributed by atoms with Gasteiger partial charge in [0.15, 0.2) is 0 Å². The molecule has 3 heteroatoms. The smallest absolute Gasteiger partial charge is 0.0991 e. The highest BCUT2D eigenvalue weighted by atomic mass is 16.3. The molecule has 2 rings (SSSR count). The highest BCUT2D eigenvalue weighted by Gasteiger charge is 2.21. The SMILES string of the molecule is N#Cc1cccc(CNC2CCCCC2O)c1. The fraction of sp³-hybridized carbons (Fsp3) is 0.500. The standard InChI is InChI=1S/C14H18N2O/c15-9-11-4-3-5-12(8-11)10-16-13-6-1-2-7-14(13)17/h3-5,8,13-14,16-17H,1-2,6-7,10H2. The number of aliphatic hydroxyl groups excluding tert-OH is 1. The summed E-state index contributed by atoms with van der Waals surface area (Å²) in [7, 11) is 0. The molecule has 2 N–H and O–H groups in total. The van der Waals surface area contributed by atoms with Crippen molar-refractivity contribution in [3.05, 3.63) is 35.4 Å². The molecule has 90 valence electrons. The first-order valence-electron chi connectivity index (χ1n) is 6.20.